The van der Waals surface area contributed by atoms with Crippen molar-refractivity contribution in [3.63, 3.8) is 0 Å². The first-order valence-corrected chi connectivity index (χ1v) is 11.6. The average molecular weight is 427 g/mol. The number of fused-ring (bicyclic) bond motifs is 6. The van der Waals surface area contributed by atoms with Crippen molar-refractivity contribution in [2.75, 3.05) is 0 Å². The predicted molar refractivity (Wildman–Crippen MR) is 137 cm³/mol. The first-order valence-electron chi connectivity index (χ1n) is 10.7. The zero-order valence-electron chi connectivity index (χ0n) is 17.2. The molecule has 2 nitrogen and oxygen atoms in total. The maximum Gasteiger partial charge on any atom is 0.0888 e. The maximum atomic E-state index is 4.66. The fourth-order valence-corrected chi connectivity index (χ4v) is 5.90. The fourth-order valence-electron chi connectivity index (χ4n) is 4.86. The van der Waals surface area contributed by atoms with Crippen molar-refractivity contribution in [3.8, 4) is 16.8 Å². The van der Waals surface area contributed by atoms with Crippen molar-refractivity contribution in [1.29, 1.82) is 0 Å². The summed E-state index contributed by atoms with van der Waals surface area (Å²) in [4.78, 5) is 4.66. The number of hydrogen-bond donors (Lipinski definition) is 0. The van der Waals surface area contributed by atoms with Gasteiger partial charge in [0.05, 0.1) is 26.9 Å². The Labute approximate surface area is 189 Å². The Morgan fingerprint density at radius 2 is 1.31 bits per heavy atom. The molecule has 0 saturated heterocycles. The molecule has 0 saturated carbocycles. The van der Waals surface area contributed by atoms with Crippen molar-refractivity contribution in [3.05, 3.63) is 109 Å². The highest BCUT2D eigenvalue weighted by Crippen LogP contribution is 2.39. The molecule has 150 valence electrons. The predicted octanol–water partition coefficient (Wildman–Crippen LogP) is 8.21. The molecule has 3 heterocycles. The number of aromatic nitrogens is 2. The molecule has 7 aromatic rings. The lowest BCUT2D eigenvalue weighted by Gasteiger charge is -2.14. The second-order valence-electron chi connectivity index (χ2n) is 8.05. The SMILES string of the molecule is c1ccc(-n2c3ccccc3c3ccccc32)c(-c2ccc3sc4cccnc4c3c2)c1. The zero-order valence-corrected chi connectivity index (χ0v) is 18.0. The Hall–Kier alpha value is -3.95. The number of benzene rings is 4. The van der Waals surface area contributed by atoms with E-state index in [0.29, 0.717) is 0 Å². The average Bonchev–Trinajstić information content (AvgIpc) is 3.39. The molecule has 3 heteroatoms. The van der Waals surface area contributed by atoms with Gasteiger partial charge in [0.2, 0.25) is 0 Å². The Kier molecular flexibility index (Phi) is 3.75. The molecule has 0 bridgehead atoms. The second-order valence-corrected chi connectivity index (χ2v) is 9.13. The summed E-state index contributed by atoms with van der Waals surface area (Å²) in [6, 6.07) is 37.0. The first-order chi connectivity index (χ1) is 15.9. The van der Waals surface area contributed by atoms with Gasteiger partial charge in [-0.05, 0) is 48.0 Å². The quantitative estimate of drug-likeness (QED) is 0.272. The van der Waals surface area contributed by atoms with Gasteiger partial charge in [-0.15, -0.1) is 11.3 Å². The summed E-state index contributed by atoms with van der Waals surface area (Å²) in [5.74, 6) is 0. The minimum Gasteiger partial charge on any atom is -0.309 e. The van der Waals surface area contributed by atoms with E-state index in [1.165, 1.54) is 53.4 Å². The van der Waals surface area contributed by atoms with Crippen LogP contribution in [0.15, 0.2) is 109 Å². The minimum absolute atomic E-state index is 1.09. The first kappa shape index (κ1) is 17.7. The summed E-state index contributed by atoms with van der Waals surface area (Å²) in [6.07, 6.45) is 1.88. The summed E-state index contributed by atoms with van der Waals surface area (Å²) in [5, 5.41) is 3.78. The van der Waals surface area contributed by atoms with Crippen molar-refractivity contribution in [1.82, 2.24) is 9.55 Å². The van der Waals surface area contributed by atoms with Crippen LogP contribution in [-0.2, 0) is 0 Å². The van der Waals surface area contributed by atoms with Gasteiger partial charge in [-0.25, -0.2) is 0 Å². The lowest BCUT2D eigenvalue weighted by atomic mass is 10.0. The van der Waals surface area contributed by atoms with Crippen LogP contribution in [0.1, 0.15) is 0 Å². The van der Waals surface area contributed by atoms with Gasteiger partial charge in [-0.1, -0.05) is 60.7 Å². The van der Waals surface area contributed by atoms with Crippen LogP contribution in [0.25, 0.3) is 58.9 Å². The molecule has 0 atom stereocenters. The van der Waals surface area contributed by atoms with Crippen molar-refractivity contribution in [2.45, 2.75) is 0 Å². The molecule has 0 radical (unpaired) electrons. The van der Waals surface area contributed by atoms with E-state index >= 15 is 0 Å². The van der Waals surface area contributed by atoms with Gasteiger partial charge >= 0.3 is 0 Å². The molecule has 0 amide bonds. The molecular formula is C29H18N2S. The van der Waals surface area contributed by atoms with Gasteiger partial charge in [0.25, 0.3) is 0 Å². The smallest absolute Gasteiger partial charge is 0.0888 e. The second kappa shape index (κ2) is 6.78. The maximum absolute atomic E-state index is 4.66. The largest absolute Gasteiger partial charge is 0.309 e. The molecule has 32 heavy (non-hydrogen) atoms. The highest BCUT2D eigenvalue weighted by atomic mass is 32.1. The highest BCUT2D eigenvalue weighted by Gasteiger charge is 2.15. The number of hydrogen-bond acceptors (Lipinski definition) is 2. The molecule has 0 aliphatic carbocycles. The third-order valence-corrected chi connectivity index (χ3v) is 7.39. The lowest BCUT2D eigenvalue weighted by Crippen LogP contribution is -1.96. The van der Waals surface area contributed by atoms with Gasteiger partial charge in [-0.3, -0.25) is 4.98 Å². The van der Waals surface area contributed by atoms with Crippen molar-refractivity contribution < 1.29 is 0 Å². The lowest BCUT2D eigenvalue weighted by molar-refractivity contribution is 1.18. The van der Waals surface area contributed by atoms with E-state index in [2.05, 4.69) is 107 Å². The van der Waals surface area contributed by atoms with E-state index in [1.54, 1.807) is 11.3 Å². The van der Waals surface area contributed by atoms with Gasteiger partial charge in [0.1, 0.15) is 0 Å². The van der Waals surface area contributed by atoms with Crippen LogP contribution in [0.4, 0.5) is 0 Å². The summed E-state index contributed by atoms with van der Waals surface area (Å²) < 4.78 is 4.90. The van der Waals surface area contributed by atoms with Crippen molar-refractivity contribution in [2.24, 2.45) is 0 Å². The summed E-state index contributed by atoms with van der Waals surface area (Å²) in [6.45, 7) is 0. The number of para-hydroxylation sites is 3. The monoisotopic (exact) mass is 426 g/mol. The summed E-state index contributed by atoms with van der Waals surface area (Å²) in [7, 11) is 0. The fraction of sp³-hybridized carbons (Fsp3) is 0. The van der Waals surface area contributed by atoms with E-state index in [1.807, 2.05) is 12.3 Å². The Balaban J connectivity index is 1.55. The molecule has 0 N–H and O–H groups in total. The third-order valence-electron chi connectivity index (χ3n) is 6.26. The van der Waals surface area contributed by atoms with Crippen LogP contribution < -0.4 is 0 Å². The third kappa shape index (κ3) is 2.49. The van der Waals surface area contributed by atoms with Crippen LogP contribution >= 0.6 is 11.3 Å². The van der Waals surface area contributed by atoms with Gasteiger partial charge in [0, 0.05) is 32.6 Å². The topological polar surface area (TPSA) is 17.8 Å². The molecule has 0 unspecified atom stereocenters. The summed E-state index contributed by atoms with van der Waals surface area (Å²) in [5.41, 5.74) is 7.16. The number of thiophene rings is 1. The molecular weight excluding hydrogens is 408 g/mol. The van der Waals surface area contributed by atoms with E-state index in [4.69, 9.17) is 0 Å². The van der Waals surface area contributed by atoms with Crippen LogP contribution in [-0.4, -0.2) is 9.55 Å². The molecule has 0 aliphatic rings. The number of nitrogens with zero attached hydrogens (tertiary/aromatic N) is 2. The van der Waals surface area contributed by atoms with Crippen LogP contribution in [0.5, 0.6) is 0 Å². The molecule has 7 rings (SSSR count). The van der Waals surface area contributed by atoms with Crippen LogP contribution in [0, 0.1) is 0 Å². The number of rotatable bonds is 2. The minimum atomic E-state index is 1.09. The molecule has 0 spiro atoms. The molecule has 0 aliphatic heterocycles. The summed E-state index contributed by atoms with van der Waals surface area (Å²) >= 11 is 1.80. The molecule has 4 aromatic carbocycles. The van der Waals surface area contributed by atoms with E-state index in [9.17, 15) is 0 Å². The van der Waals surface area contributed by atoms with Crippen molar-refractivity contribution >= 4 is 53.4 Å². The normalized spacial score (nSPS) is 11.8. The number of pyridine rings is 1. The van der Waals surface area contributed by atoms with Crippen LogP contribution in [0.2, 0.25) is 0 Å². The Morgan fingerprint density at radius 3 is 2.12 bits per heavy atom. The Bertz CT molecular complexity index is 1730. The Morgan fingerprint density at radius 1 is 0.594 bits per heavy atom. The van der Waals surface area contributed by atoms with Gasteiger partial charge < -0.3 is 4.57 Å². The highest BCUT2D eigenvalue weighted by molar-refractivity contribution is 7.25. The standard InChI is InChI=1S/C29H18N2S/c1-4-11-24(31-25-12-5-2-9-21(25)22-10-3-6-13-26(22)31)20(8-1)19-15-16-27-23(18-19)29-28(32-27)14-7-17-30-29/h1-18H. The molecule has 3 aromatic heterocycles. The van der Waals surface area contributed by atoms with Gasteiger partial charge in [0.15, 0.2) is 0 Å². The van der Waals surface area contributed by atoms with E-state index < -0.39 is 0 Å². The van der Waals surface area contributed by atoms with E-state index in [-0.39, 0.29) is 0 Å². The van der Waals surface area contributed by atoms with Crippen LogP contribution in [0.3, 0.4) is 0 Å². The zero-order chi connectivity index (χ0) is 21.1. The van der Waals surface area contributed by atoms with E-state index in [0.717, 1.165) is 5.52 Å². The molecule has 0 fully saturated rings. The van der Waals surface area contributed by atoms with Gasteiger partial charge in [-0.2, -0.15) is 0 Å².